The highest BCUT2D eigenvalue weighted by Crippen LogP contribution is 2.22. The molecule has 2 N–H and O–H groups in total. The Labute approximate surface area is 285 Å². The van der Waals surface area contributed by atoms with Gasteiger partial charge < -0.3 is 20.0 Å². The van der Waals surface area contributed by atoms with E-state index in [1.165, 1.54) is 11.1 Å². The van der Waals surface area contributed by atoms with Crippen LogP contribution in [0.3, 0.4) is 0 Å². The maximum absolute atomic E-state index is 12.1. The predicted molar refractivity (Wildman–Crippen MR) is 190 cm³/mol. The first kappa shape index (κ1) is 37.7. The lowest BCUT2D eigenvalue weighted by atomic mass is 10.1. The van der Waals surface area contributed by atoms with E-state index in [0.717, 1.165) is 49.7 Å². The minimum atomic E-state index is -0.920. The number of likely N-dealkylation sites (tertiary alicyclic amines) is 2. The van der Waals surface area contributed by atoms with Crippen molar-refractivity contribution in [3.63, 3.8) is 0 Å². The van der Waals surface area contributed by atoms with Gasteiger partial charge in [0.05, 0.1) is 23.2 Å². The van der Waals surface area contributed by atoms with Crippen molar-refractivity contribution >= 4 is 23.8 Å². The number of allylic oxidation sites excluding steroid dienone is 6. The highest BCUT2D eigenvalue weighted by Gasteiger charge is 2.29. The Morgan fingerprint density at radius 3 is 1.33 bits per heavy atom. The summed E-state index contributed by atoms with van der Waals surface area (Å²) in [6.45, 7) is 9.78. The minimum absolute atomic E-state index is 0.164. The average molecular weight is 655 g/mol. The third kappa shape index (κ3) is 11.8. The fourth-order valence-electron chi connectivity index (χ4n) is 5.55. The molecule has 2 saturated heterocycles. The van der Waals surface area contributed by atoms with Crippen LogP contribution >= 0.6 is 0 Å². The van der Waals surface area contributed by atoms with Crippen molar-refractivity contribution < 1.29 is 29.4 Å². The summed E-state index contributed by atoms with van der Waals surface area (Å²) in [5.41, 5.74) is 5.30. The number of amides is 2. The van der Waals surface area contributed by atoms with Crippen LogP contribution in [0, 0.1) is 0 Å². The summed E-state index contributed by atoms with van der Waals surface area (Å²) in [7, 11) is 0. The van der Waals surface area contributed by atoms with Crippen LogP contribution < -0.4 is 0 Å². The maximum Gasteiger partial charge on any atom is 0.335 e. The molecule has 4 rings (SSSR count). The molecule has 0 aromatic heterocycles. The van der Waals surface area contributed by atoms with E-state index < -0.39 is 11.9 Å². The zero-order valence-corrected chi connectivity index (χ0v) is 28.7. The fourth-order valence-corrected chi connectivity index (χ4v) is 5.55. The van der Waals surface area contributed by atoms with Crippen molar-refractivity contribution in [1.29, 1.82) is 0 Å². The fraction of sp³-hybridized carbons (Fsp3) is 0.400. The van der Waals surface area contributed by atoms with Gasteiger partial charge in [-0.25, -0.2) is 9.59 Å². The van der Waals surface area contributed by atoms with E-state index in [-0.39, 0.29) is 35.0 Å². The molecule has 0 saturated carbocycles. The molecule has 2 aliphatic heterocycles. The highest BCUT2D eigenvalue weighted by molar-refractivity contribution is 5.88. The first-order chi connectivity index (χ1) is 23.0. The molecule has 0 bridgehead atoms. The van der Waals surface area contributed by atoms with Gasteiger partial charge in [-0.1, -0.05) is 85.7 Å². The Morgan fingerprint density at radius 2 is 1.02 bits per heavy atom. The number of carbonyl (C=O) groups is 4. The molecular weight excluding hydrogens is 604 g/mol. The maximum atomic E-state index is 12.1. The van der Waals surface area contributed by atoms with Gasteiger partial charge in [-0.3, -0.25) is 9.59 Å². The first-order valence-electron chi connectivity index (χ1n) is 16.9. The van der Waals surface area contributed by atoms with Crippen molar-refractivity contribution in [3.8, 4) is 0 Å². The van der Waals surface area contributed by atoms with Crippen LogP contribution in [0.2, 0.25) is 0 Å². The standard InChI is InChI=1S/2C20H25NO3/c2*1-3-15(2)5-4-6-18-11-12-19(22)21(18)14-13-16-7-9-17(10-8-16)20(23)24/h2*4-10,18H,3,11-14H2,1-2H3,(H,23,24)/b6-4+,15-5+;6-4-,15-5+/t2*18-/m00/s1. The SMILES string of the molecule is CC/C(C)=C/C=C/[C@H]1CCC(=O)N1CCc1ccc(C(=O)O)cc1.CC/C(C)=C/C=C\[C@H]1CCC(=O)N1CCc1ccc(C(=O)O)cc1. The van der Waals surface area contributed by atoms with Gasteiger partial charge in [0.25, 0.3) is 0 Å². The molecule has 2 aromatic rings. The van der Waals surface area contributed by atoms with E-state index in [9.17, 15) is 19.2 Å². The monoisotopic (exact) mass is 654 g/mol. The minimum Gasteiger partial charge on any atom is -0.478 e. The quantitative estimate of drug-likeness (QED) is 0.202. The largest absolute Gasteiger partial charge is 0.478 e. The van der Waals surface area contributed by atoms with Gasteiger partial charge in [0, 0.05) is 25.9 Å². The van der Waals surface area contributed by atoms with Crippen molar-refractivity contribution in [2.75, 3.05) is 13.1 Å². The van der Waals surface area contributed by atoms with Crippen LogP contribution in [0.5, 0.6) is 0 Å². The molecule has 2 amide bonds. The Balaban J connectivity index is 0.000000260. The molecule has 48 heavy (non-hydrogen) atoms. The summed E-state index contributed by atoms with van der Waals surface area (Å²) >= 11 is 0. The molecular formula is C40H50N2O6. The third-order valence-electron chi connectivity index (χ3n) is 8.98. The average Bonchev–Trinajstić information content (AvgIpc) is 3.62. The van der Waals surface area contributed by atoms with Gasteiger partial charge in [-0.15, -0.1) is 0 Å². The van der Waals surface area contributed by atoms with Crippen molar-refractivity contribution in [3.05, 3.63) is 118 Å². The van der Waals surface area contributed by atoms with Gasteiger partial charge in [0.15, 0.2) is 0 Å². The molecule has 0 aliphatic carbocycles. The summed E-state index contributed by atoms with van der Waals surface area (Å²) < 4.78 is 0. The number of carbonyl (C=O) groups excluding carboxylic acids is 2. The lowest BCUT2D eigenvalue weighted by Crippen LogP contribution is -2.33. The topological polar surface area (TPSA) is 115 Å². The van der Waals surface area contributed by atoms with Gasteiger partial charge in [0.1, 0.15) is 0 Å². The second kappa shape index (κ2) is 19.2. The number of hydrogen-bond acceptors (Lipinski definition) is 4. The van der Waals surface area contributed by atoms with Crippen LogP contribution in [-0.2, 0) is 22.4 Å². The summed E-state index contributed by atoms with van der Waals surface area (Å²) in [6.07, 6.45) is 19.0. The number of benzene rings is 2. The van der Waals surface area contributed by atoms with E-state index in [1.807, 2.05) is 34.1 Å². The Kier molecular flexibility index (Phi) is 15.1. The van der Waals surface area contributed by atoms with Crippen LogP contribution in [0.1, 0.15) is 98.1 Å². The lowest BCUT2D eigenvalue weighted by Gasteiger charge is -2.22. The molecule has 256 valence electrons. The van der Waals surface area contributed by atoms with Gasteiger partial charge in [0.2, 0.25) is 11.8 Å². The van der Waals surface area contributed by atoms with E-state index in [2.05, 4.69) is 64.2 Å². The Hall–Kier alpha value is -4.72. The highest BCUT2D eigenvalue weighted by atomic mass is 16.4. The number of carboxylic acids is 2. The van der Waals surface area contributed by atoms with E-state index in [4.69, 9.17) is 10.2 Å². The zero-order valence-electron chi connectivity index (χ0n) is 28.7. The molecule has 0 unspecified atom stereocenters. The van der Waals surface area contributed by atoms with Gasteiger partial charge in [-0.05, 0) is 87.8 Å². The Morgan fingerprint density at radius 1 is 0.667 bits per heavy atom. The summed E-state index contributed by atoms with van der Waals surface area (Å²) in [6, 6.07) is 14.1. The smallest absolute Gasteiger partial charge is 0.335 e. The van der Waals surface area contributed by atoms with Crippen LogP contribution in [0.25, 0.3) is 0 Å². The van der Waals surface area contributed by atoms with E-state index >= 15 is 0 Å². The van der Waals surface area contributed by atoms with E-state index in [0.29, 0.717) is 25.9 Å². The molecule has 0 radical (unpaired) electrons. The Bertz CT molecular complexity index is 1400. The normalized spacial score (nSPS) is 18.6. The molecule has 2 heterocycles. The molecule has 2 fully saturated rings. The van der Waals surface area contributed by atoms with Crippen molar-refractivity contribution in [2.45, 2.75) is 91.1 Å². The first-order valence-corrected chi connectivity index (χ1v) is 16.9. The number of rotatable bonds is 14. The zero-order chi connectivity index (χ0) is 35.1. The third-order valence-corrected chi connectivity index (χ3v) is 8.98. The molecule has 2 aromatic carbocycles. The predicted octanol–water partition coefficient (Wildman–Crippen LogP) is 7.66. The van der Waals surface area contributed by atoms with Gasteiger partial charge >= 0.3 is 11.9 Å². The molecule has 8 nitrogen and oxygen atoms in total. The summed E-state index contributed by atoms with van der Waals surface area (Å²) in [5.74, 6) is -1.44. The van der Waals surface area contributed by atoms with Gasteiger partial charge in [-0.2, -0.15) is 0 Å². The summed E-state index contributed by atoms with van der Waals surface area (Å²) in [4.78, 5) is 49.8. The molecule has 2 aliphatic rings. The van der Waals surface area contributed by atoms with Crippen molar-refractivity contribution in [2.24, 2.45) is 0 Å². The summed E-state index contributed by atoms with van der Waals surface area (Å²) in [5, 5.41) is 17.8. The van der Waals surface area contributed by atoms with Crippen molar-refractivity contribution in [1.82, 2.24) is 9.80 Å². The van der Waals surface area contributed by atoms with Crippen LogP contribution in [0.4, 0.5) is 0 Å². The molecule has 0 spiro atoms. The number of nitrogens with zero attached hydrogens (tertiary/aromatic N) is 2. The number of carboxylic acid groups (broad SMARTS) is 2. The second-order valence-electron chi connectivity index (χ2n) is 12.4. The second-order valence-corrected chi connectivity index (χ2v) is 12.4. The van der Waals surface area contributed by atoms with E-state index in [1.54, 1.807) is 24.3 Å². The lowest BCUT2D eigenvalue weighted by molar-refractivity contribution is -0.129. The van der Waals surface area contributed by atoms with Crippen LogP contribution in [-0.4, -0.2) is 68.9 Å². The molecule has 2 atom stereocenters. The molecule has 8 heteroatoms. The van der Waals surface area contributed by atoms with Crippen LogP contribution in [0.15, 0.2) is 96.1 Å². The number of hydrogen-bond donors (Lipinski definition) is 2. The number of aromatic carboxylic acids is 2.